The summed E-state index contributed by atoms with van der Waals surface area (Å²) in [6.07, 6.45) is 5.81. The standard InChI is InChI=1S/C19H36N4O2/c1-4-16(3)20-18(24)13-22-9-11-23(12-10-22)14-19(25)21-17-8-6-5-7-15(17)2/h15-17H,4-14H2,1-3H3,(H,20,24)(H,21,25)/t15-,16+,17+/m1/s1. The van der Waals surface area contributed by atoms with Crippen LogP contribution in [0.4, 0.5) is 0 Å². The molecule has 0 radical (unpaired) electrons. The molecule has 1 aliphatic heterocycles. The monoisotopic (exact) mass is 352 g/mol. The number of amides is 2. The lowest BCUT2D eigenvalue weighted by Crippen LogP contribution is -2.53. The first-order chi connectivity index (χ1) is 12.0. The number of hydrogen-bond donors (Lipinski definition) is 2. The molecule has 0 aromatic heterocycles. The average molecular weight is 353 g/mol. The molecule has 0 unspecified atom stereocenters. The highest BCUT2D eigenvalue weighted by atomic mass is 16.2. The minimum atomic E-state index is 0.104. The zero-order valence-corrected chi connectivity index (χ0v) is 16.2. The van der Waals surface area contributed by atoms with Gasteiger partial charge < -0.3 is 10.6 Å². The Morgan fingerprint density at radius 1 is 1.00 bits per heavy atom. The van der Waals surface area contributed by atoms with Gasteiger partial charge in [-0.05, 0) is 32.1 Å². The van der Waals surface area contributed by atoms with Crippen molar-refractivity contribution < 1.29 is 9.59 Å². The Morgan fingerprint density at radius 2 is 1.56 bits per heavy atom. The van der Waals surface area contributed by atoms with E-state index in [0.29, 0.717) is 25.0 Å². The van der Waals surface area contributed by atoms with Gasteiger partial charge in [-0.15, -0.1) is 0 Å². The molecule has 0 bridgehead atoms. The Balaban J connectivity index is 1.64. The maximum atomic E-state index is 12.3. The lowest BCUT2D eigenvalue weighted by atomic mass is 9.86. The number of nitrogens with one attached hydrogen (secondary N) is 2. The Morgan fingerprint density at radius 3 is 2.12 bits per heavy atom. The molecule has 0 spiro atoms. The second-order valence-corrected chi connectivity index (χ2v) is 7.86. The van der Waals surface area contributed by atoms with Crippen molar-refractivity contribution in [1.82, 2.24) is 20.4 Å². The lowest BCUT2D eigenvalue weighted by Gasteiger charge is -2.35. The number of piperazine rings is 1. The van der Waals surface area contributed by atoms with Crippen LogP contribution in [0.5, 0.6) is 0 Å². The molecule has 25 heavy (non-hydrogen) atoms. The largest absolute Gasteiger partial charge is 0.353 e. The molecule has 144 valence electrons. The summed E-state index contributed by atoms with van der Waals surface area (Å²) in [5, 5.41) is 6.24. The lowest BCUT2D eigenvalue weighted by molar-refractivity contribution is -0.126. The van der Waals surface area contributed by atoms with E-state index in [0.717, 1.165) is 39.0 Å². The highest BCUT2D eigenvalue weighted by Crippen LogP contribution is 2.23. The second-order valence-electron chi connectivity index (χ2n) is 7.86. The number of nitrogens with zero attached hydrogens (tertiary/aromatic N) is 2. The molecule has 6 heteroatoms. The maximum Gasteiger partial charge on any atom is 0.234 e. The van der Waals surface area contributed by atoms with Gasteiger partial charge in [-0.3, -0.25) is 19.4 Å². The SMILES string of the molecule is CC[C@H](C)NC(=O)CN1CCN(CC(=O)N[C@H]2CCCC[C@H]2C)CC1. The predicted octanol–water partition coefficient (Wildman–Crippen LogP) is 1.21. The summed E-state index contributed by atoms with van der Waals surface area (Å²) in [6.45, 7) is 10.7. The summed E-state index contributed by atoms with van der Waals surface area (Å²) in [7, 11) is 0. The number of carbonyl (C=O) groups is 2. The second kappa shape index (κ2) is 10.1. The van der Waals surface area contributed by atoms with Gasteiger partial charge in [0.05, 0.1) is 13.1 Å². The van der Waals surface area contributed by atoms with E-state index < -0.39 is 0 Å². The van der Waals surface area contributed by atoms with Gasteiger partial charge in [0.2, 0.25) is 11.8 Å². The van der Waals surface area contributed by atoms with E-state index in [-0.39, 0.29) is 17.9 Å². The van der Waals surface area contributed by atoms with Gasteiger partial charge in [0, 0.05) is 38.3 Å². The summed E-state index contributed by atoms with van der Waals surface area (Å²) in [4.78, 5) is 28.6. The van der Waals surface area contributed by atoms with Gasteiger partial charge in [0.1, 0.15) is 0 Å². The Labute approximate surface area is 152 Å². The molecule has 2 N–H and O–H groups in total. The van der Waals surface area contributed by atoms with Crippen LogP contribution < -0.4 is 10.6 Å². The van der Waals surface area contributed by atoms with Crippen LogP contribution in [0, 0.1) is 5.92 Å². The molecule has 0 aromatic carbocycles. The van der Waals surface area contributed by atoms with Crippen molar-refractivity contribution >= 4 is 11.8 Å². The van der Waals surface area contributed by atoms with Crippen molar-refractivity contribution in [3.63, 3.8) is 0 Å². The van der Waals surface area contributed by atoms with E-state index in [1.165, 1.54) is 19.3 Å². The molecule has 1 heterocycles. The normalized spacial score (nSPS) is 26.8. The molecule has 2 rings (SSSR count). The van der Waals surface area contributed by atoms with E-state index in [1.54, 1.807) is 0 Å². The molecule has 1 saturated carbocycles. The first kappa shape index (κ1) is 20.2. The van der Waals surface area contributed by atoms with Gasteiger partial charge in [-0.25, -0.2) is 0 Å². The number of carbonyl (C=O) groups excluding carboxylic acids is 2. The van der Waals surface area contributed by atoms with Crippen LogP contribution in [0.15, 0.2) is 0 Å². The van der Waals surface area contributed by atoms with Crippen molar-refractivity contribution in [3.8, 4) is 0 Å². The zero-order chi connectivity index (χ0) is 18.2. The van der Waals surface area contributed by atoms with Crippen molar-refractivity contribution in [2.24, 2.45) is 5.92 Å². The van der Waals surface area contributed by atoms with Gasteiger partial charge in [-0.2, -0.15) is 0 Å². The Bertz CT molecular complexity index is 435. The van der Waals surface area contributed by atoms with Crippen LogP contribution in [0.1, 0.15) is 52.9 Å². The molecule has 1 aliphatic carbocycles. The first-order valence-corrected chi connectivity index (χ1v) is 10.0. The van der Waals surface area contributed by atoms with E-state index in [4.69, 9.17) is 0 Å². The molecule has 2 aliphatic rings. The molecule has 1 saturated heterocycles. The van der Waals surface area contributed by atoms with Crippen LogP contribution in [0.2, 0.25) is 0 Å². The van der Waals surface area contributed by atoms with E-state index in [1.807, 2.05) is 6.92 Å². The summed E-state index contributed by atoms with van der Waals surface area (Å²) in [6, 6.07) is 0.589. The van der Waals surface area contributed by atoms with Crippen molar-refractivity contribution in [2.75, 3.05) is 39.3 Å². The highest BCUT2D eigenvalue weighted by Gasteiger charge is 2.25. The molecule has 0 aromatic rings. The Hall–Kier alpha value is -1.14. The fourth-order valence-electron chi connectivity index (χ4n) is 3.72. The minimum Gasteiger partial charge on any atom is -0.353 e. The smallest absolute Gasteiger partial charge is 0.234 e. The summed E-state index contributed by atoms with van der Waals surface area (Å²) in [5.74, 6) is 0.854. The fraction of sp³-hybridized carbons (Fsp3) is 0.895. The van der Waals surface area contributed by atoms with Crippen molar-refractivity contribution in [3.05, 3.63) is 0 Å². The van der Waals surface area contributed by atoms with E-state index >= 15 is 0 Å². The van der Waals surface area contributed by atoms with Gasteiger partial charge in [-0.1, -0.05) is 26.7 Å². The van der Waals surface area contributed by atoms with Crippen LogP contribution in [-0.2, 0) is 9.59 Å². The third-order valence-corrected chi connectivity index (χ3v) is 5.68. The van der Waals surface area contributed by atoms with Gasteiger partial charge in [0.15, 0.2) is 0 Å². The summed E-state index contributed by atoms with van der Waals surface area (Å²) >= 11 is 0. The highest BCUT2D eigenvalue weighted by molar-refractivity contribution is 5.79. The number of hydrogen-bond acceptors (Lipinski definition) is 4. The minimum absolute atomic E-state index is 0.104. The molecule has 6 nitrogen and oxygen atoms in total. The zero-order valence-electron chi connectivity index (χ0n) is 16.2. The Kier molecular flexibility index (Phi) is 8.16. The van der Waals surface area contributed by atoms with Crippen molar-refractivity contribution in [2.45, 2.75) is 65.0 Å². The topological polar surface area (TPSA) is 64.7 Å². The molecule has 3 atom stereocenters. The van der Waals surface area contributed by atoms with E-state index in [2.05, 4.69) is 34.3 Å². The molecule has 2 amide bonds. The van der Waals surface area contributed by atoms with Crippen LogP contribution >= 0.6 is 0 Å². The van der Waals surface area contributed by atoms with Gasteiger partial charge in [0.25, 0.3) is 0 Å². The molecule has 2 fully saturated rings. The fourth-order valence-corrected chi connectivity index (χ4v) is 3.72. The first-order valence-electron chi connectivity index (χ1n) is 10.0. The van der Waals surface area contributed by atoms with Crippen LogP contribution in [0.25, 0.3) is 0 Å². The summed E-state index contributed by atoms with van der Waals surface area (Å²) < 4.78 is 0. The van der Waals surface area contributed by atoms with Crippen LogP contribution in [0.3, 0.4) is 0 Å². The predicted molar refractivity (Wildman–Crippen MR) is 100 cm³/mol. The molecular weight excluding hydrogens is 316 g/mol. The summed E-state index contributed by atoms with van der Waals surface area (Å²) in [5.41, 5.74) is 0. The third-order valence-electron chi connectivity index (χ3n) is 5.68. The van der Waals surface area contributed by atoms with Crippen molar-refractivity contribution in [1.29, 1.82) is 0 Å². The number of rotatable bonds is 7. The van der Waals surface area contributed by atoms with Crippen LogP contribution in [-0.4, -0.2) is 73.0 Å². The van der Waals surface area contributed by atoms with Gasteiger partial charge >= 0.3 is 0 Å². The average Bonchev–Trinajstić information content (AvgIpc) is 2.58. The molecular formula is C19H36N4O2. The maximum absolute atomic E-state index is 12.3. The van der Waals surface area contributed by atoms with E-state index in [9.17, 15) is 9.59 Å². The quantitative estimate of drug-likeness (QED) is 0.723. The third kappa shape index (κ3) is 6.94.